The molecule has 26 heavy (non-hydrogen) atoms. The maximum atomic E-state index is 14.2. The van der Waals surface area contributed by atoms with Gasteiger partial charge in [0, 0.05) is 13.1 Å². The van der Waals surface area contributed by atoms with Gasteiger partial charge in [-0.25, -0.2) is 4.39 Å². The summed E-state index contributed by atoms with van der Waals surface area (Å²) >= 11 is 0. The van der Waals surface area contributed by atoms with Crippen LogP contribution in [-0.4, -0.2) is 43.0 Å². The Morgan fingerprint density at radius 2 is 1.92 bits per heavy atom. The van der Waals surface area contributed by atoms with Gasteiger partial charge in [0.25, 0.3) is 5.91 Å². The number of methoxy groups -OCH3 is 1. The number of aryl methyl sites for hydroxylation is 1. The predicted octanol–water partition coefficient (Wildman–Crippen LogP) is 3.02. The number of hydrogen-bond donors (Lipinski definition) is 0. The van der Waals surface area contributed by atoms with Crippen molar-refractivity contribution < 1.29 is 18.7 Å². The van der Waals surface area contributed by atoms with Crippen molar-refractivity contribution in [1.29, 1.82) is 0 Å². The Bertz CT molecular complexity index is 853. The number of ether oxygens (including phenoxy) is 1. The van der Waals surface area contributed by atoms with Crippen molar-refractivity contribution in [3.8, 4) is 5.75 Å². The van der Waals surface area contributed by atoms with Gasteiger partial charge in [-0.2, -0.15) is 0 Å². The molecule has 0 bridgehead atoms. The summed E-state index contributed by atoms with van der Waals surface area (Å²) in [5.41, 5.74) is 1.53. The smallest absolute Gasteiger partial charge is 0.258 e. The molecule has 2 aromatic carbocycles. The molecule has 2 aromatic rings. The van der Waals surface area contributed by atoms with Crippen LogP contribution in [0.2, 0.25) is 0 Å². The Kier molecular flexibility index (Phi) is 4.93. The highest BCUT2D eigenvalue weighted by Crippen LogP contribution is 2.27. The Labute approximate surface area is 152 Å². The van der Waals surface area contributed by atoms with Gasteiger partial charge in [0.05, 0.1) is 18.4 Å². The van der Waals surface area contributed by atoms with Crippen LogP contribution < -0.4 is 9.64 Å². The molecule has 6 heteroatoms. The van der Waals surface area contributed by atoms with Crippen molar-refractivity contribution in [3.63, 3.8) is 0 Å². The van der Waals surface area contributed by atoms with Crippen LogP contribution in [-0.2, 0) is 4.79 Å². The topological polar surface area (TPSA) is 49.9 Å². The molecule has 1 heterocycles. The second kappa shape index (κ2) is 7.15. The monoisotopic (exact) mass is 356 g/mol. The molecule has 0 N–H and O–H groups in total. The first-order chi connectivity index (χ1) is 12.4. The first-order valence-corrected chi connectivity index (χ1v) is 8.45. The summed E-state index contributed by atoms with van der Waals surface area (Å²) in [5, 5.41) is 0. The maximum Gasteiger partial charge on any atom is 0.258 e. The molecule has 0 saturated carbocycles. The third-order valence-electron chi connectivity index (χ3n) is 4.65. The molecule has 1 saturated heterocycles. The molecule has 1 atom stereocenters. The number of halogens is 1. The third kappa shape index (κ3) is 3.14. The molecule has 0 aromatic heterocycles. The zero-order chi connectivity index (χ0) is 18.8. The van der Waals surface area contributed by atoms with Crippen molar-refractivity contribution in [2.45, 2.75) is 19.9 Å². The van der Waals surface area contributed by atoms with E-state index in [2.05, 4.69) is 0 Å². The fraction of sp³-hybridized carbons (Fsp3) is 0.300. The van der Waals surface area contributed by atoms with Crippen LogP contribution >= 0.6 is 0 Å². The van der Waals surface area contributed by atoms with Gasteiger partial charge in [0.15, 0.2) is 0 Å². The van der Waals surface area contributed by atoms with Gasteiger partial charge >= 0.3 is 0 Å². The standard InChI is InChI=1S/C20H21FN2O3/c1-13-8-9-16(21)17(12-13)23-11-10-22(14(2)19(23)24)20(25)15-6-4-5-7-18(15)26-3/h4-9,12,14H,10-11H2,1-3H3. The van der Waals surface area contributed by atoms with E-state index in [1.165, 1.54) is 23.0 Å². The van der Waals surface area contributed by atoms with Crippen LogP contribution in [0.4, 0.5) is 10.1 Å². The van der Waals surface area contributed by atoms with Gasteiger partial charge in [-0.05, 0) is 43.7 Å². The normalized spacial score (nSPS) is 17.4. The summed E-state index contributed by atoms with van der Waals surface area (Å²) < 4.78 is 19.4. The SMILES string of the molecule is COc1ccccc1C(=O)N1CCN(c2cc(C)ccc2F)C(=O)C1C. The largest absolute Gasteiger partial charge is 0.496 e. The number of nitrogens with zero attached hydrogens (tertiary/aromatic N) is 2. The van der Waals surface area contributed by atoms with Crippen LogP contribution in [0.1, 0.15) is 22.8 Å². The van der Waals surface area contributed by atoms with Crippen LogP contribution in [0.3, 0.4) is 0 Å². The Morgan fingerprint density at radius 3 is 2.65 bits per heavy atom. The highest BCUT2D eigenvalue weighted by atomic mass is 19.1. The van der Waals surface area contributed by atoms with E-state index in [-0.39, 0.29) is 24.0 Å². The second-order valence-corrected chi connectivity index (χ2v) is 6.32. The number of amides is 2. The number of para-hydroxylation sites is 1. The lowest BCUT2D eigenvalue weighted by atomic mass is 10.1. The van der Waals surface area contributed by atoms with Crippen LogP contribution in [0.15, 0.2) is 42.5 Å². The Balaban J connectivity index is 1.86. The summed E-state index contributed by atoms with van der Waals surface area (Å²) in [5.74, 6) is -0.554. The number of benzene rings is 2. The molecule has 136 valence electrons. The minimum absolute atomic E-state index is 0.241. The molecule has 1 fully saturated rings. The van der Waals surface area contributed by atoms with E-state index in [1.54, 1.807) is 43.3 Å². The summed E-state index contributed by atoms with van der Waals surface area (Å²) in [6.45, 7) is 4.06. The van der Waals surface area contributed by atoms with Crippen LogP contribution in [0.25, 0.3) is 0 Å². The fourth-order valence-electron chi connectivity index (χ4n) is 3.19. The minimum atomic E-state index is -0.693. The van der Waals surface area contributed by atoms with Crippen molar-refractivity contribution in [2.24, 2.45) is 0 Å². The zero-order valence-electron chi connectivity index (χ0n) is 15.0. The lowest BCUT2D eigenvalue weighted by Crippen LogP contribution is -2.58. The van der Waals surface area contributed by atoms with E-state index in [0.29, 0.717) is 17.9 Å². The quantitative estimate of drug-likeness (QED) is 0.849. The molecule has 2 amide bonds. The summed E-state index contributed by atoms with van der Waals surface area (Å²) in [6.07, 6.45) is 0. The van der Waals surface area contributed by atoms with Gasteiger partial charge in [-0.15, -0.1) is 0 Å². The van der Waals surface area contributed by atoms with E-state index in [4.69, 9.17) is 4.74 Å². The average Bonchev–Trinajstić information content (AvgIpc) is 2.65. The van der Waals surface area contributed by atoms with Gasteiger partial charge in [-0.1, -0.05) is 18.2 Å². The molecule has 1 aliphatic rings. The van der Waals surface area contributed by atoms with Gasteiger partial charge < -0.3 is 14.5 Å². The highest BCUT2D eigenvalue weighted by Gasteiger charge is 2.36. The maximum absolute atomic E-state index is 14.2. The predicted molar refractivity (Wildman–Crippen MR) is 97.0 cm³/mol. The molecular formula is C20H21FN2O3. The lowest BCUT2D eigenvalue weighted by Gasteiger charge is -2.39. The molecule has 3 rings (SSSR count). The minimum Gasteiger partial charge on any atom is -0.496 e. The van der Waals surface area contributed by atoms with Gasteiger partial charge in [-0.3, -0.25) is 9.59 Å². The molecule has 0 spiro atoms. The van der Waals surface area contributed by atoms with Crippen molar-refractivity contribution >= 4 is 17.5 Å². The fourth-order valence-corrected chi connectivity index (χ4v) is 3.19. The Hall–Kier alpha value is -2.89. The molecule has 1 aliphatic heterocycles. The molecule has 5 nitrogen and oxygen atoms in total. The van der Waals surface area contributed by atoms with Crippen molar-refractivity contribution in [2.75, 3.05) is 25.1 Å². The van der Waals surface area contributed by atoms with Crippen molar-refractivity contribution in [3.05, 3.63) is 59.4 Å². The number of hydrogen-bond acceptors (Lipinski definition) is 3. The third-order valence-corrected chi connectivity index (χ3v) is 4.65. The van der Waals surface area contributed by atoms with E-state index in [9.17, 15) is 14.0 Å². The lowest BCUT2D eigenvalue weighted by molar-refractivity contribution is -0.124. The summed E-state index contributed by atoms with van der Waals surface area (Å²) in [4.78, 5) is 28.6. The zero-order valence-corrected chi connectivity index (χ0v) is 15.0. The molecule has 1 unspecified atom stereocenters. The summed E-state index contributed by atoms with van der Waals surface area (Å²) in [6, 6.07) is 10.9. The molecule has 0 aliphatic carbocycles. The summed E-state index contributed by atoms with van der Waals surface area (Å²) in [7, 11) is 1.50. The van der Waals surface area contributed by atoms with Crippen molar-refractivity contribution in [1.82, 2.24) is 4.90 Å². The number of anilines is 1. The molecule has 0 radical (unpaired) electrons. The van der Waals surface area contributed by atoms with Crippen LogP contribution in [0.5, 0.6) is 5.75 Å². The average molecular weight is 356 g/mol. The number of rotatable bonds is 3. The second-order valence-electron chi connectivity index (χ2n) is 6.32. The van der Waals surface area contributed by atoms with Crippen LogP contribution in [0, 0.1) is 12.7 Å². The van der Waals surface area contributed by atoms with Gasteiger partial charge in [0.2, 0.25) is 5.91 Å². The first-order valence-electron chi connectivity index (χ1n) is 8.45. The first kappa shape index (κ1) is 17.9. The van der Waals surface area contributed by atoms with E-state index in [0.717, 1.165) is 5.56 Å². The Morgan fingerprint density at radius 1 is 1.19 bits per heavy atom. The van der Waals surface area contributed by atoms with Gasteiger partial charge in [0.1, 0.15) is 17.6 Å². The number of piperazine rings is 1. The van der Waals surface area contributed by atoms with E-state index in [1.807, 2.05) is 6.92 Å². The van der Waals surface area contributed by atoms with E-state index < -0.39 is 11.9 Å². The number of carbonyl (C=O) groups excluding carboxylic acids is 2. The van der Waals surface area contributed by atoms with E-state index >= 15 is 0 Å². The molecular weight excluding hydrogens is 335 g/mol. The number of carbonyl (C=O) groups is 2. The highest BCUT2D eigenvalue weighted by molar-refractivity contribution is 6.04.